The van der Waals surface area contributed by atoms with Gasteiger partial charge in [-0.3, -0.25) is 9.89 Å². The quantitative estimate of drug-likeness (QED) is 0.520. The van der Waals surface area contributed by atoms with Crippen molar-refractivity contribution in [1.82, 2.24) is 20.2 Å². The van der Waals surface area contributed by atoms with E-state index in [1.54, 1.807) is 13.1 Å². The number of rotatable bonds is 2. The molecule has 7 nitrogen and oxygen atoms in total. The van der Waals surface area contributed by atoms with Gasteiger partial charge in [0.1, 0.15) is 16.5 Å². The zero-order chi connectivity index (χ0) is 16.8. The summed E-state index contributed by atoms with van der Waals surface area (Å²) in [5, 5.41) is 11.5. The van der Waals surface area contributed by atoms with Gasteiger partial charge in [0.05, 0.1) is 22.0 Å². The van der Waals surface area contributed by atoms with E-state index < -0.39 is 0 Å². The Morgan fingerprint density at radius 3 is 2.96 bits per heavy atom. The smallest absolute Gasteiger partial charge is 0.266 e. The molecule has 0 saturated heterocycles. The van der Waals surface area contributed by atoms with Crippen molar-refractivity contribution in [2.45, 2.75) is 13.8 Å². The number of aromatic amines is 1. The molecule has 4 rings (SSSR count). The molecule has 0 aliphatic heterocycles. The first-order chi connectivity index (χ1) is 11.5. The number of nitrogens with two attached hydrogens (primary N) is 1. The second kappa shape index (κ2) is 5.27. The first-order valence-electron chi connectivity index (χ1n) is 7.30. The van der Waals surface area contributed by atoms with E-state index in [4.69, 9.17) is 5.73 Å². The fourth-order valence-electron chi connectivity index (χ4n) is 2.71. The molecule has 0 saturated carbocycles. The zero-order valence-corrected chi connectivity index (χ0v) is 13.9. The maximum absolute atomic E-state index is 12.7. The maximum Gasteiger partial charge on any atom is 0.266 e. The van der Waals surface area contributed by atoms with Gasteiger partial charge in [0.25, 0.3) is 5.91 Å². The first kappa shape index (κ1) is 14.6. The minimum absolute atomic E-state index is 0.185. The summed E-state index contributed by atoms with van der Waals surface area (Å²) in [7, 11) is 0. The van der Waals surface area contributed by atoms with E-state index in [0.717, 1.165) is 26.7 Å². The topological polar surface area (TPSA) is 110 Å². The number of fused-ring (bicyclic) bond motifs is 2. The number of hydrogen-bond donors (Lipinski definition) is 3. The van der Waals surface area contributed by atoms with Crippen LogP contribution in [0.5, 0.6) is 0 Å². The molecule has 8 heteroatoms. The van der Waals surface area contributed by atoms with Gasteiger partial charge in [-0.15, -0.1) is 11.3 Å². The van der Waals surface area contributed by atoms with E-state index >= 15 is 0 Å². The number of anilines is 2. The molecule has 24 heavy (non-hydrogen) atoms. The Kier molecular flexibility index (Phi) is 3.20. The van der Waals surface area contributed by atoms with Gasteiger partial charge in [-0.25, -0.2) is 9.97 Å². The number of amides is 1. The number of benzene rings is 1. The third-order valence-electron chi connectivity index (χ3n) is 3.83. The highest BCUT2D eigenvalue weighted by molar-refractivity contribution is 7.20. The van der Waals surface area contributed by atoms with Crippen LogP contribution in [0, 0.1) is 13.8 Å². The molecule has 120 valence electrons. The van der Waals surface area contributed by atoms with E-state index in [-0.39, 0.29) is 5.91 Å². The maximum atomic E-state index is 12.7. The van der Waals surface area contributed by atoms with Crippen LogP contribution in [0.1, 0.15) is 21.1 Å². The van der Waals surface area contributed by atoms with Gasteiger partial charge in [0.15, 0.2) is 0 Å². The molecule has 0 unspecified atom stereocenters. The Morgan fingerprint density at radius 2 is 2.12 bits per heavy atom. The molecular weight excluding hydrogens is 324 g/mol. The number of hydrogen-bond acceptors (Lipinski definition) is 6. The molecule has 0 radical (unpaired) electrons. The summed E-state index contributed by atoms with van der Waals surface area (Å²) in [6.45, 7) is 3.65. The van der Waals surface area contributed by atoms with Crippen molar-refractivity contribution >= 4 is 49.9 Å². The molecule has 1 aromatic carbocycles. The van der Waals surface area contributed by atoms with E-state index in [1.807, 2.05) is 25.1 Å². The predicted molar refractivity (Wildman–Crippen MR) is 95.3 cm³/mol. The monoisotopic (exact) mass is 338 g/mol. The largest absolute Gasteiger partial charge is 0.383 e. The number of nitrogens with one attached hydrogen (secondary N) is 2. The van der Waals surface area contributed by atoms with E-state index in [2.05, 4.69) is 25.5 Å². The molecule has 4 aromatic rings. The first-order valence-corrected chi connectivity index (χ1v) is 8.12. The van der Waals surface area contributed by atoms with Gasteiger partial charge >= 0.3 is 0 Å². The lowest BCUT2D eigenvalue weighted by Crippen LogP contribution is -2.11. The third-order valence-corrected chi connectivity index (χ3v) is 5.02. The van der Waals surface area contributed by atoms with E-state index in [1.165, 1.54) is 11.3 Å². The van der Waals surface area contributed by atoms with Crippen LogP contribution < -0.4 is 11.1 Å². The second-order valence-corrected chi connectivity index (χ2v) is 6.52. The Morgan fingerprint density at radius 1 is 1.29 bits per heavy atom. The minimum Gasteiger partial charge on any atom is -0.383 e. The van der Waals surface area contributed by atoms with Crippen LogP contribution >= 0.6 is 11.3 Å². The van der Waals surface area contributed by atoms with Crippen LogP contribution in [-0.4, -0.2) is 26.1 Å². The Hall–Kier alpha value is -3.00. The molecule has 0 atom stereocenters. The molecule has 1 amide bonds. The Balaban J connectivity index is 1.72. The van der Waals surface area contributed by atoms with Crippen molar-refractivity contribution in [3.63, 3.8) is 0 Å². The average molecular weight is 338 g/mol. The van der Waals surface area contributed by atoms with E-state index in [0.29, 0.717) is 22.2 Å². The summed E-state index contributed by atoms with van der Waals surface area (Å²) in [6, 6.07) is 5.58. The lowest BCUT2D eigenvalue weighted by atomic mass is 10.2. The Labute approximate surface area is 140 Å². The van der Waals surface area contributed by atoms with Crippen molar-refractivity contribution in [2.75, 3.05) is 11.1 Å². The van der Waals surface area contributed by atoms with Crippen LogP contribution in [0.2, 0.25) is 0 Å². The van der Waals surface area contributed by atoms with Crippen LogP contribution in [-0.2, 0) is 0 Å². The van der Waals surface area contributed by atoms with Crippen LogP contribution in [0.4, 0.5) is 11.5 Å². The van der Waals surface area contributed by atoms with Crippen molar-refractivity contribution < 1.29 is 4.79 Å². The molecule has 0 bridgehead atoms. The van der Waals surface area contributed by atoms with Gasteiger partial charge in [0.2, 0.25) is 0 Å². The molecule has 4 N–H and O–H groups in total. The molecule has 0 fully saturated rings. The summed E-state index contributed by atoms with van der Waals surface area (Å²) in [6.07, 6.45) is 1.72. The summed E-state index contributed by atoms with van der Waals surface area (Å²) in [5.74, 6) is 0.819. The number of thiophene rings is 1. The zero-order valence-electron chi connectivity index (χ0n) is 13.0. The number of carbonyl (C=O) groups excluding carboxylic acids is 1. The summed E-state index contributed by atoms with van der Waals surface area (Å²) in [4.78, 5) is 22.5. The Bertz CT molecular complexity index is 1100. The predicted octanol–water partition coefficient (Wildman–Crippen LogP) is 3.02. The summed E-state index contributed by atoms with van der Waals surface area (Å²) >= 11 is 1.32. The van der Waals surface area contributed by atoms with Gasteiger partial charge in [0, 0.05) is 11.1 Å². The standard InChI is InChI=1S/C16H14N6OS/c1-7-12-14(17)19-8(2)20-16(12)24-13(7)15(23)21-10-3-4-11-9(5-10)6-18-22-11/h3-6H,1-2H3,(H,18,22)(H,21,23)(H2,17,19,20). The van der Waals surface area contributed by atoms with Gasteiger partial charge in [-0.2, -0.15) is 5.10 Å². The molecule has 0 spiro atoms. The van der Waals surface area contributed by atoms with E-state index in [9.17, 15) is 4.79 Å². The number of nitrogens with zero attached hydrogens (tertiary/aromatic N) is 3. The van der Waals surface area contributed by atoms with Crippen molar-refractivity contribution in [1.29, 1.82) is 0 Å². The van der Waals surface area contributed by atoms with Crippen LogP contribution in [0.25, 0.3) is 21.1 Å². The second-order valence-electron chi connectivity index (χ2n) is 5.52. The lowest BCUT2D eigenvalue weighted by molar-refractivity contribution is 0.103. The number of aryl methyl sites for hydroxylation is 2. The molecular formula is C16H14N6OS. The molecule has 0 aliphatic carbocycles. The van der Waals surface area contributed by atoms with Crippen LogP contribution in [0.3, 0.4) is 0 Å². The highest BCUT2D eigenvalue weighted by Crippen LogP contribution is 2.33. The normalized spacial score (nSPS) is 11.2. The minimum atomic E-state index is -0.185. The molecule has 0 aliphatic rings. The van der Waals surface area contributed by atoms with Crippen LogP contribution in [0.15, 0.2) is 24.4 Å². The van der Waals surface area contributed by atoms with Crippen molar-refractivity contribution in [3.8, 4) is 0 Å². The highest BCUT2D eigenvalue weighted by atomic mass is 32.1. The van der Waals surface area contributed by atoms with Gasteiger partial charge < -0.3 is 11.1 Å². The van der Waals surface area contributed by atoms with Gasteiger partial charge in [-0.1, -0.05) is 0 Å². The highest BCUT2D eigenvalue weighted by Gasteiger charge is 2.19. The number of carbonyl (C=O) groups is 1. The SMILES string of the molecule is Cc1nc(N)c2c(C)c(C(=O)Nc3ccc4[nH]ncc4c3)sc2n1. The summed E-state index contributed by atoms with van der Waals surface area (Å²) in [5.41, 5.74) is 8.42. The fourth-order valence-corrected chi connectivity index (χ4v) is 3.84. The molecule has 3 aromatic heterocycles. The number of H-pyrrole nitrogens is 1. The van der Waals surface area contributed by atoms with Crippen molar-refractivity contribution in [3.05, 3.63) is 40.7 Å². The number of aromatic nitrogens is 4. The lowest BCUT2D eigenvalue weighted by Gasteiger charge is -2.04. The fraction of sp³-hybridized carbons (Fsp3) is 0.125. The summed E-state index contributed by atoms with van der Waals surface area (Å²) < 4.78 is 0. The van der Waals surface area contributed by atoms with Gasteiger partial charge in [-0.05, 0) is 37.6 Å². The van der Waals surface area contributed by atoms with Crippen molar-refractivity contribution in [2.24, 2.45) is 0 Å². The molecule has 3 heterocycles. The average Bonchev–Trinajstić information content (AvgIpc) is 3.11. The third kappa shape index (κ3) is 2.28. The number of nitrogen functional groups attached to an aromatic ring is 1.